The molecule has 1 atom stereocenters. The van der Waals surface area contributed by atoms with Gasteiger partial charge in [-0.25, -0.2) is 4.99 Å². The highest BCUT2D eigenvalue weighted by atomic mass is 35.5. The van der Waals surface area contributed by atoms with E-state index in [0.29, 0.717) is 22.3 Å². The van der Waals surface area contributed by atoms with Crippen molar-refractivity contribution in [1.82, 2.24) is 5.32 Å². The second-order valence-electron chi connectivity index (χ2n) is 3.85. The lowest BCUT2D eigenvalue weighted by Crippen LogP contribution is -2.54. The first-order chi connectivity index (χ1) is 7.98. The van der Waals surface area contributed by atoms with E-state index in [1.54, 1.807) is 24.4 Å². The molecule has 0 spiro atoms. The van der Waals surface area contributed by atoms with Gasteiger partial charge in [-0.3, -0.25) is 5.73 Å². The molecule has 5 N–H and O–H groups in total. The zero-order valence-corrected chi connectivity index (χ0v) is 10.5. The van der Waals surface area contributed by atoms with E-state index in [1.807, 2.05) is 6.07 Å². The maximum Gasteiger partial charge on any atom is 0.188 e. The van der Waals surface area contributed by atoms with Crippen LogP contribution in [0.1, 0.15) is 5.56 Å². The summed E-state index contributed by atoms with van der Waals surface area (Å²) in [6, 6.07) is 5.26. The molecule has 1 aromatic carbocycles. The van der Waals surface area contributed by atoms with Gasteiger partial charge in [0.25, 0.3) is 0 Å². The average Bonchev–Trinajstić information content (AvgIpc) is 2.22. The smallest absolute Gasteiger partial charge is 0.188 e. The molecule has 1 aliphatic heterocycles. The monoisotopic (exact) mass is 270 g/mol. The molecule has 0 saturated carbocycles. The molecule has 0 amide bonds. The minimum Gasteiger partial charge on any atom is -0.384 e. The summed E-state index contributed by atoms with van der Waals surface area (Å²) in [4.78, 5) is 4.16. The van der Waals surface area contributed by atoms with Crippen molar-refractivity contribution in [3.8, 4) is 0 Å². The quantitative estimate of drug-likeness (QED) is 0.765. The van der Waals surface area contributed by atoms with E-state index in [1.165, 1.54) is 0 Å². The van der Waals surface area contributed by atoms with E-state index in [9.17, 15) is 0 Å². The normalized spacial score (nSPS) is 23.1. The van der Waals surface area contributed by atoms with Crippen molar-refractivity contribution in [3.05, 3.63) is 46.1 Å². The molecule has 2 rings (SSSR count). The molecular formula is C11H12Cl2N4. The summed E-state index contributed by atoms with van der Waals surface area (Å²) >= 11 is 11.9. The molecule has 90 valence electrons. The number of benzene rings is 1. The summed E-state index contributed by atoms with van der Waals surface area (Å²) in [6.07, 6.45) is 3.74. The van der Waals surface area contributed by atoms with Gasteiger partial charge in [0, 0.05) is 22.7 Å². The second kappa shape index (κ2) is 4.56. The fourth-order valence-electron chi connectivity index (χ4n) is 1.62. The number of rotatable bonds is 2. The number of halogens is 2. The van der Waals surface area contributed by atoms with Gasteiger partial charge in [-0.15, -0.1) is 0 Å². The first-order valence-electron chi connectivity index (χ1n) is 5.01. The molecule has 0 bridgehead atoms. The van der Waals surface area contributed by atoms with Crippen molar-refractivity contribution < 1.29 is 0 Å². The number of nitrogens with two attached hydrogens (primary N) is 2. The Bertz CT molecular complexity index is 498. The fraction of sp³-hybridized carbons (Fsp3) is 0.182. The molecule has 1 unspecified atom stereocenters. The SMILES string of the molecule is NC1=NC(N)(Cc2ccc(Cl)cc2Cl)NC=C1. The number of nitrogens with zero attached hydrogens (tertiary/aromatic N) is 1. The summed E-state index contributed by atoms with van der Waals surface area (Å²) in [7, 11) is 0. The Labute approximate surface area is 109 Å². The van der Waals surface area contributed by atoms with Gasteiger partial charge >= 0.3 is 0 Å². The minimum absolute atomic E-state index is 0.385. The van der Waals surface area contributed by atoms with Gasteiger partial charge in [-0.2, -0.15) is 0 Å². The Hall–Kier alpha value is -1.23. The zero-order chi connectivity index (χ0) is 12.5. The van der Waals surface area contributed by atoms with Crippen LogP contribution in [0.15, 0.2) is 35.5 Å². The van der Waals surface area contributed by atoms with Gasteiger partial charge in [0.05, 0.1) is 0 Å². The highest BCUT2D eigenvalue weighted by Gasteiger charge is 2.26. The van der Waals surface area contributed by atoms with Crippen LogP contribution in [-0.4, -0.2) is 11.6 Å². The molecule has 1 aliphatic rings. The highest BCUT2D eigenvalue weighted by Crippen LogP contribution is 2.24. The lowest BCUT2D eigenvalue weighted by Gasteiger charge is -2.28. The number of hydrogen-bond acceptors (Lipinski definition) is 4. The third-order valence-electron chi connectivity index (χ3n) is 2.39. The number of amidine groups is 1. The van der Waals surface area contributed by atoms with Crippen LogP contribution >= 0.6 is 23.2 Å². The number of nitrogens with one attached hydrogen (secondary N) is 1. The Morgan fingerprint density at radius 2 is 2.12 bits per heavy atom. The first-order valence-corrected chi connectivity index (χ1v) is 5.76. The molecule has 4 nitrogen and oxygen atoms in total. The Balaban J connectivity index is 2.24. The van der Waals surface area contributed by atoms with E-state index >= 15 is 0 Å². The van der Waals surface area contributed by atoms with Crippen LogP contribution in [0.4, 0.5) is 0 Å². The van der Waals surface area contributed by atoms with Gasteiger partial charge < -0.3 is 11.1 Å². The van der Waals surface area contributed by atoms with Crippen LogP contribution in [0.25, 0.3) is 0 Å². The summed E-state index contributed by atoms with van der Waals surface area (Å²) in [5.74, 6) is -0.577. The van der Waals surface area contributed by atoms with E-state index in [2.05, 4.69) is 10.3 Å². The van der Waals surface area contributed by atoms with Gasteiger partial charge in [0.1, 0.15) is 5.84 Å². The third kappa shape index (κ3) is 2.91. The third-order valence-corrected chi connectivity index (χ3v) is 2.98. The Morgan fingerprint density at radius 3 is 2.76 bits per heavy atom. The standard InChI is InChI=1S/C11H12Cl2N4/c12-8-2-1-7(9(13)5-8)6-11(15)16-4-3-10(14)17-11/h1-5,16H,6,15H2,(H2,14,17). The van der Waals surface area contributed by atoms with Crippen molar-refractivity contribution in [2.24, 2.45) is 16.5 Å². The Morgan fingerprint density at radius 1 is 1.35 bits per heavy atom. The molecule has 0 aliphatic carbocycles. The molecule has 1 heterocycles. The lowest BCUT2D eigenvalue weighted by atomic mass is 10.1. The zero-order valence-electron chi connectivity index (χ0n) is 8.95. The van der Waals surface area contributed by atoms with Crippen molar-refractivity contribution in [2.45, 2.75) is 12.2 Å². The summed E-state index contributed by atoms with van der Waals surface area (Å²) in [5, 5.41) is 4.10. The van der Waals surface area contributed by atoms with E-state index in [-0.39, 0.29) is 0 Å². The van der Waals surface area contributed by atoms with Crippen LogP contribution in [-0.2, 0) is 6.42 Å². The molecule has 6 heteroatoms. The fourth-order valence-corrected chi connectivity index (χ4v) is 2.09. The van der Waals surface area contributed by atoms with Crippen molar-refractivity contribution in [2.75, 3.05) is 0 Å². The Kier molecular flexibility index (Phi) is 3.28. The average molecular weight is 271 g/mol. The van der Waals surface area contributed by atoms with Gasteiger partial charge in [0.15, 0.2) is 5.79 Å². The molecule has 17 heavy (non-hydrogen) atoms. The van der Waals surface area contributed by atoms with Crippen LogP contribution < -0.4 is 16.8 Å². The molecule has 0 aromatic heterocycles. The molecule has 0 saturated heterocycles. The van der Waals surface area contributed by atoms with Crippen LogP contribution in [0.2, 0.25) is 10.0 Å². The summed E-state index contributed by atoms with van der Waals surface area (Å²) < 4.78 is 0. The second-order valence-corrected chi connectivity index (χ2v) is 4.69. The molecule has 1 aromatic rings. The summed E-state index contributed by atoms with van der Waals surface area (Å²) in [6.45, 7) is 0. The number of hydrogen-bond donors (Lipinski definition) is 3. The van der Waals surface area contributed by atoms with E-state index in [4.69, 9.17) is 34.7 Å². The van der Waals surface area contributed by atoms with Gasteiger partial charge in [0.2, 0.25) is 0 Å². The topological polar surface area (TPSA) is 76.4 Å². The largest absolute Gasteiger partial charge is 0.384 e. The van der Waals surface area contributed by atoms with Crippen LogP contribution in [0.3, 0.4) is 0 Å². The number of aliphatic imine (C=N–C) groups is 1. The van der Waals surface area contributed by atoms with Crippen LogP contribution in [0, 0.1) is 0 Å². The van der Waals surface area contributed by atoms with Crippen LogP contribution in [0.5, 0.6) is 0 Å². The van der Waals surface area contributed by atoms with Crippen molar-refractivity contribution in [3.63, 3.8) is 0 Å². The van der Waals surface area contributed by atoms with Crippen molar-refractivity contribution >= 4 is 29.0 Å². The predicted molar refractivity (Wildman–Crippen MR) is 71.0 cm³/mol. The maximum atomic E-state index is 6.08. The molecule has 0 radical (unpaired) electrons. The van der Waals surface area contributed by atoms with Gasteiger partial charge in [-0.05, 0) is 23.8 Å². The van der Waals surface area contributed by atoms with Gasteiger partial charge in [-0.1, -0.05) is 29.3 Å². The molecular weight excluding hydrogens is 259 g/mol. The predicted octanol–water partition coefficient (Wildman–Crippen LogP) is 1.62. The highest BCUT2D eigenvalue weighted by molar-refractivity contribution is 6.35. The lowest BCUT2D eigenvalue weighted by molar-refractivity contribution is 0.390. The van der Waals surface area contributed by atoms with E-state index < -0.39 is 5.79 Å². The van der Waals surface area contributed by atoms with Crippen molar-refractivity contribution in [1.29, 1.82) is 0 Å². The molecule has 0 fully saturated rings. The first kappa shape index (κ1) is 12.2. The minimum atomic E-state index is -0.962. The summed E-state index contributed by atoms with van der Waals surface area (Å²) in [5.41, 5.74) is 12.5. The van der Waals surface area contributed by atoms with E-state index in [0.717, 1.165) is 5.56 Å². The maximum absolute atomic E-state index is 6.08.